The quantitative estimate of drug-likeness (QED) is 0.121. The molecule has 2 aromatic heterocycles. The molecule has 4 aromatic carbocycles. The zero-order chi connectivity index (χ0) is 39.5. The van der Waals surface area contributed by atoms with Crippen molar-refractivity contribution in [1.29, 1.82) is 0 Å². The number of aliphatic carboxylic acids is 1. The van der Waals surface area contributed by atoms with E-state index < -0.39 is 25.1 Å². The highest BCUT2D eigenvalue weighted by molar-refractivity contribution is 5.85. The van der Waals surface area contributed by atoms with Crippen molar-refractivity contribution in [3.63, 3.8) is 0 Å². The van der Waals surface area contributed by atoms with Crippen LogP contribution in [0.3, 0.4) is 0 Å². The number of rotatable bonds is 12. The molecule has 1 N–H and O–H groups in total. The average Bonchev–Trinajstić information content (AvgIpc) is 3.86. The van der Waals surface area contributed by atoms with Gasteiger partial charge in [-0.3, -0.25) is 14.6 Å². The second-order valence-electron chi connectivity index (χ2n) is 15.5. The SMILES string of the molecule is Cc1c(-c2nc3cc(CN4CCC(C(=O)O)C4)c(OC(F)F)cc3o2)cccc1-c1cccc(-c2nc3cc(CN4CC(C)(C)C4)c(OC(F)F)cc3o2)c1C. The lowest BCUT2D eigenvalue weighted by Gasteiger charge is -2.46. The first-order valence-corrected chi connectivity index (χ1v) is 18.4. The first-order valence-electron chi connectivity index (χ1n) is 18.4. The van der Waals surface area contributed by atoms with E-state index in [1.54, 1.807) is 12.1 Å². The van der Waals surface area contributed by atoms with Crippen molar-refractivity contribution in [3.05, 3.63) is 82.9 Å². The number of fused-ring (bicyclic) bond motifs is 2. The van der Waals surface area contributed by atoms with E-state index >= 15 is 0 Å². The van der Waals surface area contributed by atoms with E-state index in [0.717, 1.165) is 40.9 Å². The summed E-state index contributed by atoms with van der Waals surface area (Å²) in [6.45, 7) is 5.36. The van der Waals surface area contributed by atoms with Gasteiger partial charge in [0, 0.05) is 67.1 Å². The summed E-state index contributed by atoms with van der Waals surface area (Å²) in [6, 6.07) is 17.8. The van der Waals surface area contributed by atoms with E-state index in [0.29, 0.717) is 71.1 Å². The molecule has 14 heteroatoms. The molecule has 8 rings (SSSR count). The first-order chi connectivity index (χ1) is 26.7. The van der Waals surface area contributed by atoms with E-state index in [1.165, 1.54) is 12.1 Å². The maximum Gasteiger partial charge on any atom is 0.387 e. The molecule has 4 heterocycles. The molecule has 10 nitrogen and oxygen atoms in total. The molecular weight excluding hydrogens is 732 g/mol. The molecule has 2 aliphatic rings. The van der Waals surface area contributed by atoms with E-state index in [-0.39, 0.29) is 29.0 Å². The maximum atomic E-state index is 13.5. The maximum absolute atomic E-state index is 13.5. The Morgan fingerprint density at radius 3 is 1.68 bits per heavy atom. The van der Waals surface area contributed by atoms with Gasteiger partial charge in [-0.2, -0.15) is 17.6 Å². The molecular formula is C42H40F4N4O6. The van der Waals surface area contributed by atoms with Crippen LogP contribution in [0.5, 0.6) is 11.5 Å². The lowest BCUT2D eigenvalue weighted by atomic mass is 9.84. The fourth-order valence-electron chi connectivity index (χ4n) is 8.14. The minimum Gasteiger partial charge on any atom is -0.481 e. The molecule has 1 unspecified atom stereocenters. The number of oxazole rings is 2. The molecule has 292 valence electrons. The number of hydrogen-bond donors (Lipinski definition) is 1. The Morgan fingerprint density at radius 2 is 1.25 bits per heavy atom. The van der Waals surface area contributed by atoms with Gasteiger partial charge in [-0.25, -0.2) is 9.97 Å². The minimum absolute atomic E-state index is 0.0553. The van der Waals surface area contributed by atoms with Crippen LogP contribution in [0.2, 0.25) is 0 Å². The van der Waals surface area contributed by atoms with Gasteiger partial charge in [0.1, 0.15) is 22.5 Å². The van der Waals surface area contributed by atoms with Crippen molar-refractivity contribution >= 4 is 28.2 Å². The van der Waals surface area contributed by atoms with E-state index in [4.69, 9.17) is 28.3 Å². The summed E-state index contributed by atoms with van der Waals surface area (Å²) in [7, 11) is 0. The van der Waals surface area contributed by atoms with Gasteiger partial charge in [-0.1, -0.05) is 38.1 Å². The number of aromatic nitrogens is 2. The molecule has 0 radical (unpaired) electrons. The second kappa shape index (κ2) is 14.6. The number of carboxylic acids is 1. The third-order valence-electron chi connectivity index (χ3n) is 10.7. The lowest BCUT2D eigenvalue weighted by molar-refractivity contribution is -0.141. The zero-order valence-corrected chi connectivity index (χ0v) is 31.2. The standard InChI is InChI=1S/C42H40F4N4O6/c1-22-27(7-5-9-29(22)37-47-31-13-25(18-49-12-11-24(17-49)39(51)52)33(55-40(43)44)15-35(31)53-37)28-8-6-10-30(23(28)2)38-48-32-14-26(19-50-20-42(3,4)21-50)34(56-41(45)46)16-36(32)54-38/h5-10,13-16,24,40-41H,11-12,17-21H2,1-4H3,(H,51,52). The molecule has 2 fully saturated rings. The molecule has 0 bridgehead atoms. The number of nitrogens with zero attached hydrogens (tertiary/aromatic N) is 4. The van der Waals surface area contributed by atoms with Gasteiger partial charge < -0.3 is 23.4 Å². The van der Waals surface area contributed by atoms with Gasteiger partial charge in [0.05, 0.1) is 5.92 Å². The van der Waals surface area contributed by atoms with Crippen molar-refractivity contribution in [1.82, 2.24) is 19.8 Å². The monoisotopic (exact) mass is 772 g/mol. The molecule has 0 saturated carbocycles. The number of alkyl halides is 4. The number of likely N-dealkylation sites (tertiary alicyclic amines) is 2. The Morgan fingerprint density at radius 1 is 0.786 bits per heavy atom. The summed E-state index contributed by atoms with van der Waals surface area (Å²) in [5, 5.41) is 9.42. The fraction of sp³-hybridized carbons (Fsp3) is 0.357. The molecule has 0 amide bonds. The molecule has 2 aliphatic heterocycles. The van der Waals surface area contributed by atoms with Crippen LogP contribution < -0.4 is 9.47 Å². The molecule has 56 heavy (non-hydrogen) atoms. The van der Waals surface area contributed by atoms with Crippen LogP contribution in [-0.2, 0) is 17.9 Å². The van der Waals surface area contributed by atoms with Crippen molar-refractivity contribution in [2.75, 3.05) is 26.2 Å². The van der Waals surface area contributed by atoms with Gasteiger partial charge in [0.2, 0.25) is 11.8 Å². The van der Waals surface area contributed by atoms with Gasteiger partial charge in [-0.05, 0) is 78.7 Å². The fourth-order valence-corrected chi connectivity index (χ4v) is 8.14. The first kappa shape index (κ1) is 37.5. The number of benzene rings is 4. The van der Waals surface area contributed by atoms with Crippen LogP contribution in [0.1, 0.15) is 42.5 Å². The summed E-state index contributed by atoms with van der Waals surface area (Å²) < 4.78 is 76.0. The third-order valence-corrected chi connectivity index (χ3v) is 10.7. The van der Waals surface area contributed by atoms with Crippen LogP contribution in [0.15, 0.2) is 69.5 Å². The highest BCUT2D eigenvalue weighted by Gasteiger charge is 2.35. The van der Waals surface area contributed by atoms with E-state index in [9.17, 15) is 27.5 Å². The highest BCUT2D eigenvalue weighted by atomic mass is 19.3. The summed E-state index contributed by atoms with van der Waals surface area (Å²) in [4.78, 5) is 25.1. The average molecular weight is 773 g/mol. The Balaban J connectivity index is 1.11. The van der Waals surface area contributed by atoms with E-state index in [1.807, 2.05) is 55.1 Å². The number of carbonyl (C=O) groups is 1. The number of carboxylic acid groups (broad SMARTS) is 1. The lowest BCUT2D eigenvalue weighted by Crippen LogP contribution is -2.52. The summed E-state index contributed by atoms with van der Waals surface area (Å²) in [5.74, 6) is -0.767. The normalized spacial score (nSPS) is 17.4. The largest absolute Gasteiger partial charge is 0.481 e. The summed E-state index contributed by atoms with van der Waals surface area (Å²) in [6.07, 6.45) is 0.474. The van der Waals surface area contributed by atoms with Crippen LogP contribution in [0.4, 0.5) is 17.6 Å². The smallest absolute Gasteiger partial charge is 0.387 e. The zero-order valence-electron chi connectivity index (χ0n) is 31.2. The van der Waals surface area contributed by atoms with E-state index in [2.05, 4.69) is 18.7 Å². The molecule has 2 saturated heterocycles. The number of ether oxygens (including phenoxy) is 2. The predicted octanol–water partition coefficient (Wildman–Crippen LogP) is 9.54. The number of hydrogen-bond acceptors (Lipinski definition) is 9. The Bertz CT molecular complexity index is 2450. The molecule has 0 aliphatic carbocycles. The predicted molar refractivity (Wildman–Crippen MR) is 201 cm³/mol. The van der Waals surface area contributed by atoms with Crippen molar-refractivity contribution < 1.29 is 45.8 Å². The molecule has 6 aromatic rings. The Labute approximate surface area is 319 Å². The second-order valence-corrected chi connectivity index (χ2v) is 15.5. The summed E-state index contributed by atoms with van der Waals surface area (Å²) >= 11 is 0. The van der Waals surface area contributed by atoms with Crippen LogP contribution in [0.25, 0.3) is 56.2 Å². The summed E-state index contributed by atoms with van der Waals surface area (Å²) in [5.41, 5.74) is 7.73. The van der Waals surface area contributed by atoms with Crippen LogP contribution in [-0.4, -0.2) is 70.2 Å². The van der Waals surface area contributed by atoms with Crippen molar-refractivity contribution in [2.24, 2.45) is 11.3 Å². The van der Waals surface area contributed by atoms with Gasteiger partial charge in [0.25, 0.3) is 0 Å². The Hall–Kier alpha value is -5.47. The Kier molecular flexibility index (Phi) is 9.73. The molecule has 1 atom stereocenters. The minimum atomic E-state index is -3.07. The van der Waals surface area contributed by atoms with Gasteiger partial charge >= 0.3 is 19.2 Å². The van der Waals surface area contributed by atoms with Crippen LogP contribution in [0, 0.1) is 25.2 Å². The highest BCUT2D eigenvalue weighted by Crippen LogP contribution is 2.40. The topological polar surface area (TPSA) is 114 Å². The van der Waals surface area contributed by atoms with Crippen LogP contribution >= 0.6 is 0 Å². The van der Waals surface area contributed by atoms with Crippen molar-refractivity contribution in [2.45, 2.75) is 60.4 Å². The molecule has 0 spiro atoms. The van der Waals surface area contributed by atoms with Gasteiger partial charge in [0.15, 0.2) is 11.2 Å². The third kappa shape index (κ3) is 7.42. The van der Waals surface area contributed by atoms with Gasteiger partial charge in [-0.15, -0.1) is 0 Å². The van der Waals surface area contributed by atoms with Crippen molar-refractivity contribution in [3.8, 4) is 45.5 Å². The number of halogens is 4.